The highest BCUT2D eigenvalue weighted by Crippen LogP contribution is 2.17. The zero-order valence-corrected chi connectivity index (χ0v) is 6.03. The lowest BCUT2D eigenvalue weighted by atomic mass is 10.0. The normalized spacial score (nSPS) is 32.2. The van der Waals surface area contributed by atoms with Gasteiger partial charge in [-0.15, -0.1) is 12.4 Å². The Bertz CT molecular complexity index is 116. The minimum atomic E-state index is -0.389. The van der Waals surface area contributed by atoms with E-state index in [-0.39, 0.29) is 24.6 Å². The van der Waals surface area contributed by atoms with Crippen LogP contribution in [0.3, 0.4) is 0 Å². The molecule has 1 aliphatic rings. The summed E-state index contributed by atoms with van der Waals surface area (Å²) >= 11 is 0. The molecule has 0 aromatic carbocycles. The van der Waals surface area contributed by atoms with Crippen LogP contribution in [-0.2, 0) is 0 Å². The van der Waals surface area contributed by atoms with E-state index in [9.17, 15) is 0 Å². The van der Waals surface area contributed by atoms with Crippen molar-refractivity contribution in [1.29, 1.82) is 0 Å². The number of aliphatic hydroxyl groups excluding tert-OH is 1. The molecule has 0 spiro atoms. The zero-order chi connectivity index (χ0) is 6.04. The summed E-state index contributed by atoms with van der Waals surface area (Å²) in [5.74, 6) is 0. The Labute approximate surface area is 61.2 Å². The Morgan fingerprint density at radius 2 is 2.33 bits per heavy atom. The Kier molecular flexibility index (Phi) is 3.18. The van der Waals surface area contributed by atoms with Crippen LogP contribution in [0.15, 0.2) is 12.2 Å². The van der Waals surface area contributed by atoms with Crippen molar-refractivity contribution in [2.75, 3.05) is 6.61 Å². The van der Waals surface area contributed by atoms with Gasteiger partial charge in [-0.25, -0.2) is 0 Å². The fourth-order valence-corrected chi connectivity index (χ4v) is 0.885. The summed E-state index contributed by atoms with van der Waals surface area (Å²) in [5, 5.41) is 8.65. The minimum Gasteiger partial charge on any atom is -0.394 e. The van der Waals surface area contributed by atoms with Crippen molar-refractivity contribution in [2.24, 2.45) is 5.73 Å². The highest BCUT2D eigenvalue weighted by Gasteiger charge is 2.22. The van der Waals surface area contributed by atoms with Crippen LogP contribution in [0.4, 0.5) is 0 Å². The Hall–Kier alpha value is -0.0500. The van der Waals surface area contributed by atoms with Crippen molar-refractivity contribution < 1.29 is 5.11 Å². The average molecular weight is 150 g/mol. The van der Waals surface area contributed by atoms with Gasteiger partial charge in [0.1, 0.15) is 0 Å². The molecule has 0 bridgehead atoms. The summed E-state index contributed by atoms with van der Waals surface area (Å²) in [6.45, 7) is 0.0729. The maximum Gasteiger partial charge on any atom is 0.0647 e. The van der Waals surface area contributed by atoms with E-state index in [1.54, 1.807) is 0 Å². The van der Waals surface area contributed by atoms with Crippen molar-refractivity contribution in [1.82, 2.24) is 0 Å². The van der Waals surface area contributed by atoms with E-state index >= 15 is 0 Å². The van der Waals surface area contributed by atoms with Gasteiger partial charge in [0, 0.05) is 0 Å². The van der Waals surface area contributed by atoms with Gasteiger partial charge in [0.25, 0.3) is 0 Å². The summed E-state index contributed by atoms with van der Waals surface area (Å²) in [6.07, 6.45) is 5.80. The van der Waals surface area contributed by atoms with Crippen molar-refractivity contribution in [3.05, 3.63) is 12.2 Å². The van der Waals surface area contributed by atoms with E-state index in [0.717, 1.165) is 12.8 Å². The number of allylic oxidation sites excluding steroid dienone is 1. The average Bonchev–Trinajstić information content (AvgIpc) is 2.17. The molecule has 54 valence electrons. The van der Waals surface area contributed by atoms with Crippen LogP contribution < -0.4 is 5.73 Å². The predicted molar refractivity (Wildman–Crippen MR) is 39.6 cm³/mol. The topological polar surface area (TPSA) is 46.2 Å². The lowest BCUT2D eigenvalue weighted by Crippen LogP contribution is -2.39. The first-order valence-corrected chi connectivity index (χ1v) is 2.84. The minimum absolute atomic E-state index is 0. The zero-order valence-electron chi connectivity index (χ0n) is 5.21. The van der Waals surface area contributed by atoms with Crippen molar-refractivity contribution in [2.45, 2.75) is 18.4 Å². The largest absolute Gasteiger partial charge is 0.394 e. The van der Waals surface area contributed by atoms with Crippen LogP contribution in [0.5, 0.6) is 0 Å². The van der Waals surface area contributed by atoms with Crippen LogP contribution in [0.2, 0.25) is 0 Å². The SMILES string of the molecule is Cl.NC1(CO)C=CCC1. The lowest BCUT2D eigenvalue weighted by Gasteiger charge is -2.16. The van der Waals surface area contributed by atoms with Crippen molar-refractivity contribution in [3.63, 3.8) is 0 Å². The molecule has 0 amide bonds. The number of halogens is 1. The second-order valence-electron chi connectivity index (χ2n) is 2.33. The molecule has 0 aromatic heterocycles. The highest BCUT2D eigenvalue weighted by atomic mass is 35.5. The molecule has 1 unspecified atom stereocenters. The van der Waals surface area contributed by atoms with Crippen LogP contribution >= 0.6 is 12.4 Å². The number of rotatable bonds is 1. The van der Waals surface area contributed by atoms with Gasteiger partial charge in [0.15, 0.2) is 0 Å². The Morgan fingerprint density at radius 1 is 1.67 bits per heavy atom. The fourth-order valence-electron chi connectivity index (χ4n) is 0.885. The maximum atomic E-state index is 8.65. The third-order valence-electron chi connectivity index (χ3n) is 1.52. The molecule has 2 nitrogen and oxygen atoms in total. The Morgan fingerprint density at radius 3 is 2.56 bits per heavy atom. The first-order chi connectivity index (χ1) is 3.77. The molecule has 3 heteroatoms. The third kappa shape index (κ3) is 1.97. The van der Waals surface area contributed by atoms with Gasteiger partial charge in [-0.05, 0) is 12.8 Å². The van der Waals surface area contributed by atoms with E-state index in [0.29, 0.717) is 0 Å². The summed E-state index contributed by atoms with van der Waals surface area (Å²) in [6, 6.07) is 0. The summed E-state index contributed by atoms with van der Waals surface area (Å²) < 4.78 is 0. The third-order valence-corrected chi connectivity index (χ3v) is 1.52. The van der Waals surface area contributed by atoms with Crippen molar-refractivity contribution in [3.8, 4) is 0 Å². The smallest absolute Gasteiger partial charge is 0.0647 e. The summed E-state index contributed by atoms with van der Waals surface area (Å²) in [5.41, 5.74) is 5.23. The van der Waals surface area contributed by atoms with Crippen LogP contribution in [0.25, 0.3) is 0 Å². The number of nitrogens with two attached hydrogens (primary N) is 1. The molecule has 1 atom stereocenters. The van der Waals surface area contributed by atoms with E-state index in [1.807, 2.05) is 12.2 Å². The summed E-state index contributed by atoms with van der Waals surface area (Å²) in [4.78, 5) is 0. The second-order valence-corrected chi connectivity index (χ2v) is 2.33. The molecule has 9 heavy (non-hydrogen) atoms. The van der Waals surface area contributed by atoms with E-state index in [4.69, 9.17) is 10.8 Å². The molecule has 0 radical (unpaired) electrons. The van der Waals surface area contributed by atoms with Gasteiger partial charge in [-0.3, -0.25) is 0 Å². The van der Waals surface area contributed by atoms with Gasteiger partial charge in [0.2, 0.25) is 0 Å². The molecule has 0 saturated heterocycles. The first-order valence-electron chi connectivity index (χ1n) is 2.84. The van der Waals surface area contributed by atoms with Gasteiger partial charge in [-0.2, -0.15) is 0 Å². The molecular formula is C6H12ClNO. The summed E-state index contributed by atoms with van der Waals surface area (Å²) in [7, 11) is 0. The molecule has 0 saturated carbocycles. The van der Waals surface area contributed by atoms with Gasteiger partial charge >= 0.3 is 0 Å². The monoisotopic (exact) mass is 149 g/mol. The van der Waals surface area contributed by atoms with Crippen LogP contribution in [-0.4, -0.2) is 17.3 Å². The molecular weight excluding hydrogens is 138 g/mol. The van der Waals surface area contributed by atoms with E-state index < -0.39 is 0 Å². The van der Waals surface area contributed by atoms with Crippen LogP contribution in [0.1, 0.15) is 12.8 Å². The van der Waals surface area contributed by atoms with E-state index in [2.05, 4.69) is 0 Å². The van der Waals surface area contributed by atoms with Crippen molar-refractivity contribution >= 4 is 12.4 Å². The maximum absolute atomic E-state index is 8.65. The molecule has 0 heterocycles. The molecule has 0 aromatic rings. The molecule has 3 N–H and O–H groups in total. The molecule has 1 aliphatic carbocycles. The predicted octanol–water partition coefficient (Wildman–Crippen LogP) is 0.448. The fraction of sp³-hybridized carbons (Fsp3) is 0.667. The number of hydrogen-bond acceptors (Lipinski definition) is 2. The lowest BCUT2D eigenvalue weighted by molar-refractivity contribution is 0.226. The van der Waals surface area contributed by atoms with E-state index in [1.165, 1.54) is 0 Å². The standard InChI is InChI=1S/C6H11NO.ClH/c7-6(5-8)3-1-2-4-6;/h1,3,8H,2,4-5,7H2;1H. The first kappa shape index (κ1) is 8.95. The number of aliphatic hydroxyl groups is 1. The molecule has 0 fully saturated rings. The van der Waals surface area contributed by atoms with Crippen LogP contribution in [0, 0.1) is 0 Å². The van der Waals surface area contributed by atoms with Gasteiger partial charge in [-0.1, -0.05) is 12.2 Å². The van der Waals surface area contributed by atoms with Gasteiger partial charge < -0.3 is 10.8 Å². The highest BCUT2D eigenvalue weighted by molar-refractivity contribution is 5.85. The molecule has 1 rings (SSSR count). The second kappa shape index (κ2) is 3.20. The van der Waals surface area contributed by atoms with Gasteiger partial charge in [0.05, 0.1) is 12.1 Å². The number of hydrogen-bond donors (Lipinski definition) is 2. The Balaban J connectivity index is 0.000000640. The quantitative estimate of drug-likeness (QED) is 0.532. The molecule has 0 aliphatic heterocycles.